The predicted octanol–water partition coefficient (Wildman–Crippen LogP) is -0.0660. The molecule has 2 atom stereocenters. The summed E-state index contributed by atoms with van der Waals surface area (Å²) in [6.45, 7) is 1.26. The van der Waals surface area contributed by atoms with Crippen molar-refractivity contribution in [2.75, 3.05) is 32.7 Å². The summed E-state index contributed by atoms with van der Waals surface area (Å²) >= 11 is 0. The molecule has 2 fully saturated rings. The van der Waals surface area contributed by atoms with Gasteiger partial charge in [0.2, 0.25) is 10.0 Å². The van der Waals surface area contributed by atoms with Crippen LogP contribution in [-0.4, -0.2) is 73.4 Å². The van der Waals surface area contributed by atoms with Gasteiger partial charge in [0, 0.05) is 44.9 Å². The lowest BCUT2D eigenvalue weighted by Gasteiger charge is -2.35. The van der Waals surface area contributed by atoms with Crippen molar-refractivity contribution < 1.29 is 22.9 Å². The number of sulfonamides is 1. The number of hydrogen-bond donors (Lipinski definition) is 1. The van der Waals surface area contributed by atoms with Crippen molar-refractivity contribution in [2.24, 2.45) is 5.73 Å². The normalized spacial score (nSPS) is 24.1. The van der Waals surface area contributed by atoms with E-state index in [1.807, 2.05) is 0 Å². The van der Waals surface area contributed by atoms with Crippen LogP contribution in [0.2, 0.25) is 0 Å². The number of benzene rings is 1. The fourth-order valence-electron chi connectivity index (χ4n) is 3.30. The van der Waals surface area contributed by atoms with Gasteiger partial charge < -0.3 is 15.4 Å². The Labute approximate surface area is 157 Å². The van der Waals surface area contributed by atoms with E-state index in [-0.39, 0.29) is 48.8 Å². The lowest BCUT2D eigenvalue weighted by atomic mass is 10.1. The van der Waals surface area contributed by atoms with Gasteiger partial charge in [-0.25, -0.2) is 8.42 Å². The van der Waals surface area contributed by atoms with Crippen molar-refractivity contribution in [3.63, 3.8) is 0 Å². The van der Waals surface area contributed by atoms with Crippen molar-refractivity contribution in [1.82, 2.24) is 9.21 Å². The van der Waals surface area contributed by atoms with Gasteiger partial charge in [-0.1, -0.05) is 0 Å². The molecule has 1 amide bonds. The van der Waals surface area contributed by atoms with Gasteiger partial charge in [-0.3, -0.25) is 14.9 Å². The van der Waals surface area contributed by atoms with Crippen LogP contribution in [0, 0.1) is 10.1 Å². The van der Waals surface area contributed by atoms with Gasteiger partial charge in [-0.05, 0) is 25.0 Å². The second kappa shape index (κ2) is 7.89. The number of carbonyl (C=O) groups is 1. The van der Waals surface area contributed by atoms with E-state index in [1.54, 1.807) is 4.90 Å². The minimum atomic E-state index is -3.76. The molecule has 2 heterocycles. The number of non-ortho nitro benzene ring substituents is 1. The Morgan fingerprint density at radius 3 is 2.33 bits per heavy atom. The van der Waals surface area contributed by atoms with Crippen LogP contribution in [0.5, 0.6) is 0 Å². The molecule has 0 aromatic heterocycles. The minimum Gasteiger partial charge on any atom is -0.364 e. The molecule has 2 aliphatic heterocycles. The highest BCUT2D eigenvalue weighted by Crippen LogP contribution is 2.23. The molecule has 0 saturated carbocycles. The third-order valence-electron chi connectivity index (χ3n) is 4.88. The Bertz CT molecular complexity index is 805. The number of amides is 1. The number of nitro benzene ring substituents is 1. The second-order valence-corrected chi connectivity index (χ2v) is 8.48. The fourth-order valence-corrected chi connectivity index (χ4v) is 4.72. The summed E-state index contributed by atoms with van der Waals surface area (Å²) in [6, 6.07) is 4.78. The van der Waals surface area contributed by atoms with Crippen molar-refractivity contribution in [3.05, 3.63) is 34.4 Å². The molecule has 0 aliphatic carbocycles. The van der Waals surface area contributed by atoms with Gasteiger partial charge >= 0.3 is 0 Å². The van der Waals surface area contributed by atoms with Gasteiger partial charge in [-0.15, -0.1) is 0 Å². The molecule has 1 aromatic carbocycles. The van der Waals surface area contributed by atoms with Gasteiger partial charge in [-0.2, -0.15) is 4.31 Å². The number of nitrogens with two attached hydrogens (primary N) is 1. The maximum atomic E-state index is 12.7. The Kier molecular flexibility index (Phi) is 5.75. The van der Waals surface area contributed by atoms with Crippen LogP contribution >= 0.6 is 0 Å². The van der Waals surface area contributed by atoms with E-state index < -0.39 is 21.1 Å². The highest BCUT2D eigenvalue weighted by atomic mass is 32.2. The summed E-state index contributed by atoms with van der Waals surface area (Å²) in [4.78, 5) is 24.3. The van der Waals surface area contributed by atoms with Gasteiger partial charge in [0.15, 0.2) is 0 Å². The van der Waals surface area contributed by atoms with Gasteiger partial charge in [0.05, 0.1) is 15.9 Å². The molecule has 148 valence electrons. The maximum Gasteiger partial charge on any atom is 0.269 e. The first-order valence-electron chi connectivity index (χ1n) is 8.72. The van der Waals surface area contributed by atoms with Crippen LogP contribution in [0.4, 0.5) is 5.69 Å². The van der Waals surface area contributed by atoms with E-state index in [4.69, 9.17) is 10.5 Å². The average molecular weight is 398 g/mol. The van der Waals surface area contributed by atoms with Crippen molar-refractivity contribution in [3.8, 4) is 0 Å². The van der Waals surface area contributed by atoms with Crippen molar-refractivity contribution in [2.45, 2.75) is 29.9 Å². The Hall–Kier alpha value is -2.08. The first-order chi connectivity index (χ1) is 12.8. The molecule has 0 spiro atoms. The molecule has 1 aromatic rings. The molecule has 11 heteroatoms. The molecule has 2 saturated heterocycles. The number of nitro groups is 1. The lowest BCUT2D eigenvalue weighted by molar-refractivity contribution is -0.384. The summed E-state index contributed by atoms with van der Waals surface area (Å²) in [5.74, 6) is -0.127. The van der Waals surface area contributed by atoms with Crippen LogP contribution in [0.3, 0.4) is 0 Å². The standard InChI is InChI=1S/C16H22N4O6S/c17-11-13-3-6-15(26-13)16(21)18-7-9-19(10-8-18)27(24,25)14-4-1-12(2-5-14)20(22)23/h1-2,4-5,13,15H,3,6-11,17H2/t13-,15+/m1/s1. The third-order valence-corrected chi connectivity index (χ3v) is 6.79. The van der Waals surface area contributed by atoms with E-state index >= 15 is 0 Å². The van der Waals surface area contributed by atoms with Crippen molar-refractivity contribution in [1.29, 1.82) is 0 Å². The molecule has 2 aliphatic rings. The zero-order valence-electron chi connectivity index (χ0n) is 14.7. The molecular formula is C16H22N4O6S. The van der Waals surface area contributed by atoms with Crippen LogP contribution in [-0.2, 0) is 19.6 Å². The van der Waals surface area contributed by atoms with Crippen LogP contribution < -0.4 is 5.73 Å². The first-order valence-corrected chi connectivity index (χ1v) is 10.2. The summed E-state index contributed by atoms with van der Waals surface area (Å²) in [5, 5.41) is 10.7. The van der Waals surface area contributed by atoms with Crippen LogP contribution in [0.15, 0.2) is 29.2 Å². The zero-order valence-corrected chi connectivity index (χ0v) is 15.5. The predicted molar refractivity (Wildman–Crippen MR) is 95.4 cm³/mol. The highest BCUT2D eigenvalue weighted by Gasteiger charge is 2.36. The molecule has 10 nitrogen and oxygen atoms in total. The molecule has 0 bridgehead atoms. The Morgan fingerprint density at radius 2 is 1.81 bits per heavy atom. The Balaban J connectivity index is 1.61. The zero-order chi connectivity index (χ0) is 19.6. The van der Waals surface area contributed by atoms with E-state index in [0.717, 1.165) is 18.6 Å². The molecule has 2 N–H and O–H groups in total. The highest BCUT2D eigenvalue weighted by molar-refractivity contribution is 7.89. The molecule has 0 unspecified atom stereocenters. The van der Waals surface area contributed by atoms with E-state index in [1.165, 1.54) is 16.4 Å². The van der Waals surface area contributed by atoms with Crippen molar-refractivity contribution >= 4 is 21.6 Å². The van der Waals surface area contributed by atoms with E-state index in [0.29, 0.717) is 13.0 Å². The topological polar surface area (TPSA) is 136 Å². The van der Waals surface area contributed by atoms with Crippen LogP contribution in [0.1, 0.15) is 12.8 Å². The number of piperazine rings is 1. The molecule has 3 rings (SSSR count). The van der Waals surface area contributed by atoms with Gasteiger partial charge in [0.25, 0.3) is 11.6 Å². The number of ether oxygens (including phenoxy) is 1. The molecule has 27 heavy (non-hydrogen) atoms. The quantitative estimate of drug-likeness (QED) is 0.542. The van der Waals surface area contributed by atoms with Gasteiger partial charge in [0.1, 0.15) is 6.10 Å². The van der Waals surface area contributed by atoms with Crippen LogP contribution in [0.25, 0.3) is 0 Å². The second-order valence-electron chi connectivity index (χ2n) is 6.54. The summed E-state index contributed by atoms with van der Waals surface area (Å²) in [6.07, 6.45) is 0.780. The molecule has 0 radical (unpaired) electrons. The maximum absolute atomic E-state index is 12.7. The molecular weight excluding hydrogens is 376 g/mol. The number of nitrogens with zero attached hydrogens (tertiary/aromatic N) is 3. The number of rotatable bonds is 5. The summed E-state index contributed by atoms with van der Waals surface area (Å²) in [7, 11) is -3.76. The lowest BCUT2D eigenvalue weighted by Crippen LogP contribution is -2.52. The van der Waals surface area contributed by atoms with E-state index in [9.17, 15) is 23.3 Å². The smallest absolute Gasteiger partial charge is 0.269 e. The largest absolute Gasteiger partial charge is 0.364 e. The summed E-state index contributed by atoms with van der Waals surface area (Å²) < 4.78 is 32.3. The Morgan fingerprint density at radius 1 is 1.19 bits per heavy atom. The number of hydrogen-bond acceptors (Lipinski definition) is 7. The third kappa shape index (κ3) is 4.10. The fraction of sp³-hybridized carbons (Fsp3) is 0.562. The number of carbonyl (C=O) groups excluding carboxylic acids is 1. The summed E-state index contributed by atoms with van der Waals surface area (Å²) in [5.41, 5.74) is 5.39. The monoisotopic (exact) mass is 398 g/mol. The average Bonchev–Trinajstić information content (AvgIpc) is 3.17. The SMILES string of the molecule is NC[C@H]1CC[C@@H](C(=O)N2CCN(S(=O)(=O)c3ccc([N+](=O)[O-])cc3)CC2)O1. The minimum absolute atomic E-state index is 0.00205. The van der Waals surface area contributed by atoms with E-state index in [2.05, 4.69) is 0 Å². The first kappa shape index (κ1) is 19.7.